The highest BCUT2D eigenvalue weighted by atomic mass is 16.7. The maximum atomic E-state index is 5.96. The summed E-state index contributed by atoms with van der Waals surface area (Å²) < 4.78 is 5.64. The monoisotopic (exact) mass is 270 g/mol. The van der Waals surface area contributed by atoms with E-state index in [2.05, 4.69) is 6.07 Å². The van der Waals surface area contributed by atoms with E-state index in [-0.39, 0.29) is 6.23 Å². The van der Waals surface area contributed by atoms with E-state index in [0.29, 0.717) is 6.04 Å². The molecule has 4 heteroatoms. The molecule has 2 aliphatic rings. The summed E-state index contributed by atoms with van der Waals surface area (Å²) in [6.07, 6.45) is 8.28. The van der Waals surface area contributed by atoms with E-state index >= 15 is 0 Å². The zero-order valence-corrected chi connectivity index (χ0v) is 11.3. The number of rotatable bonds is 2. The molecule has 0 amide bonds. The minimum Gasteiger partial charge on any atom is -0.464 e. The summed E-state index contributed by atoms with van der Waals surface area (Å²) in [5.41, 5.74) is 8.98. The number of furan rings is 1. The lowest BCUT2D eigenvalue weighted by Gasteiger charge is -2.27. The van der Waals surface area contributed by atoms with Crippen molar-refractivity contribution < 1.29 is 9.25 Å². The molecule has 2 heterocycles. The quantitative estimate of drug-likeness (QED) is 0.910. The number of hydroxylamine groups is 2. The van der Waals surface area contributed by atoms with Gasteiger partial charge in [-0.05, 0) is 25.0 Å². The van der Waals surface area contributed by atoms with Crippen LogP contribution in [-0.4, -0.2) is 17.3 Å². The number of hydrogen-bond donors (Lipinski definition) is 1. The fourth-order valence-electron chi connectivity index (χ4n) is 3.25. The summed E-state index contributed by atoms with van der Waals surface area (Å²) in [6.45, 7) is 0. The molecule has 1 aromatic carbocycles. The van der Waals surface area contributed by atoms with Gasteiger partial charge in [-0.25, -0.2) is 5.06 Å². The summed E-state index contributed by atoms with van der Waals surface area (Å²) in [6, 6.07) is 8.50. The first-order valence-corrected chi connectivity index (χ1v) is 7.23. The molecule has 0 bridgehead atoms. The first-order valence-electron chi connectivity index (χ1n) is 7.23. The average Bonchev–Trinajstić information content (AvgIpc) is 3.16. The van der Waals surface area contributed by atoms with Crippen molar-refractivity contribution in [2.45, 2.75) is 38.0 Å². The fraction of sp³-hybridized carbons (Fsp3) is 0.375. The maximum absolute atomic E-state index is 5.96. The molecule has 0 radical (unpaired) electrons. The summed E-state index contributed by atoms with van der Waals surface area (Å²) in [4.78, 5) is 5.81. The topological polar surface area (TPSA) is 51.6 Å². The molecule has 2 N–H and O–H groups in total. The van der Waals surface area contributed by atoms with Crippen LogP contribution in [0.15, 0.2) is 41.0 Å². The van der Waals surface area contributed by atoms with Gasteiger partial charge in [0.2, 0.25) is 0 Å². The van der Waals surface area contributed by atoms with Gasteiger partial charge in [-0.3, -0.25) is 4.84 Å². The third-order valence-corrected chi connectivity index (χ3v) is 4.21. The van der Waals surface area contributed by atoms with E-state index < -0.39 is 0 Å². The van der Waals surface area contributed by atoms with Crippen molar-refractivity contribution in [1.82, 2.24) is 5.06 Å². The van der Waals surface area contributed by atoms with Crippen molar-refractivity contribution in [3.63, 3.8) is 0 Å². The van der Waals surface area contributed by atoms with Gasteiger partial charge in [-0.2, -0.15) is 0 Å². The van der Waals surface area contributed by atoms with Crippen LogP contribution in [0.5, 0.6) is 0 Å². The van der Waals surface area contributed by atoms with Gasteiger partial charge in [0.25, 0.3) is 0 Å². The van der Waals surface area contributed by atoms with Crippen molar-refractivity contribution in [2.24, 2.45) is 5.73 Å². The molecule has 0 spiro atoms. The van der Waals surface area contributed by atoms with Crippen molar-refractivity contribution in [2.75, 3.05) is 0 Å². The van der Waals surface area contributed by atoms with E-state index in [1.54, 1.807) is 6.26 Å². The van der Waals surface area contributed by atoms with Crippen LogP contribution in [0.4, 0.5) is 0 Å². The Morgan fingerprint density at radius 2 is 1.95 bits per heavy atom. The Morgan fingerprint density at radius 3 is 2.80 bits per heavy atom. The van der Waals surface area contributed by atoms with E-state index in [1.165, 1.54) is 25.7 Å². The van der Waals surface area contributed by atoms with Crippen molar-refractivity contribution in [3.05, 3.63) is 42.2 Å². The molecule has 4 nitrogen and oxygen atoms in total. The zero-order chi connectivity index (χ0) is 13.5. The van der Waals surface area contributed by atoms with Crippen LogP contribution in [-0.2, 0) is 4.84 Å². The van der Waals surface area contributed by atoms with Crippen molar-refractivity contribution in [3.8, 4) is 0 Å². The lowest BCUT2D eigenvalue weighted by molar-refractivity contribution is -0.144. The van der Waals surface area contributed by atoms with Crippen LogP contribution in [0.25, 0.3) is 16.7 Å². The highest BCUT2D eigenvalue weighted by Crippen LogP contribution is 2.37. The van der Waals surface area contributed by atoms with E-state index in [1.807, 2.05) is 29.3 Å². The van der Waals surface area contributed by atoms with Crippen molar-refractivity contribution in [1.29, 1.82) is 0 Å². The van der Waals surface area contributed by atoms with Gasteiger partial charge >= 0.3 is 0 Å². The normalized spacial score (nSPS) is 23.8. The predicted molar refractivity (Wildman–Crippen MR) is 77.3 cm³/mol. The molecular weight excluding hydrogens is 252 g/mol. The predicted octanol–water partition coefficient (Wildman–Crippen LogP) is 3.25. The lowest BCUT2D eigenvalue weighted by Crippen LogP contribution is -2.32. The summed E-state index contributed by atoms with van der Waals surface area (Å²) in [5, 5.41) is 3.12. The Bertz CT molecular complexity index is 655. The Kier molecular flexibility index (Phi) is 2.79. The first kappa shape index (κ1) is 12.0. The van der Waals surface area contributed by atoms with E-state index in [9.17, 15) is 0 Å². The summed E-state index contributed by atoms with van der Waals surface area (Å²) in [7, 11) is 0. The maximum Gasteiger partial charge on any atom is 0.155 e. The molecule has 1 aliphatic carbocycles. The standard InChI is InChI=1S/C16H18N2O2/c17-16-9-14(18(20-16)11-5-1-2-6-11)13-10-19-15-8-4-3-7-12(13)15/h3-4,7-11,16H,1-2,5-6,17H2. The molecular formula is C16H18N2O2. The number of nitrogens with zero attached hydrogens (tertiary/aromatic N) is 1. The second kappa shape index (κ2) is 4.65. The Morgan fingerprint density at radius 1 is 1.15 bits per heavy atom. The zero-order valence-electron chi connectivity index (χ0n) is 11.3. The Labute approximate surface area is 117 Å². The molecule has 1 aromatic heterocycles. The highest BCUT2D eigenvalue weighted by molar-refractivity contribution is 5.90. The van der Waals surface area contributed by atoms with Gasteiger partial charge in [-0.15, -0.1) is 0 Å². The molecule has 1 atom stereocenters. The lowest BCUT2D eigenvalue weighted by atomic mass is 10.1. The minimum atomic E-state index is -0.362. The number of benzene rings is 1. The minimum absolute atomic E-state index is 0.362. The number of fused-ring (bicyclic) bond motifs is 1. The smallest absolute Gasteiger partial charge is 0.155 e. The number of para-hydroxylation sites is 1. The SMILES string of the molecule is NC1C=C(c2coc3ccccc23)N(C2CCCC2)O1. The molecule has 1 saturated carbocycles. The molecule has 0 saturated heterocycles. The van der Waals surface area contributed by atoms with Crippen LogP contribution in [0.3, 0.4) is 0 Å². The first-order chi connectivity index (χ1) is 9.83. The van der Waals surface area contributed by atoms with Crippen molar-refractivity contribution >= 4 is 16.7 Å². The molecule has 1 unspecified atom stereocenters. The van der Waals surface area contributed by atoms with Crippen LogP contribution in [0.1, 0.15) is 31.2 Å². The molecule has 1 fully saturated rings. The van der Waals surface area contributed by atoms with Crippen LogP contribution in [0, 0.1) is 0 Å². The highest BCUT2D eigenvalue weighted by Gasteiger charge is 2.33. The second-order valence-electron chi connectivity index (χ2n) is 5.53. The summed E-state index contributed by atoms with van der Waals surface area (Å²) >= 11 is 0. The van der Waals surface area contributed by atoms with Gasteiger partial charge in [0, 0.05) is 10.9 Å². The molecule has 2 aromatic rings. The van der Waals surface area contributed by atoms with E-state index in [0.717, 1.165) is 22.2 Å². The number of nitrogens with two attached hydrogens (primary N) is 1. The van der Waals surface area contributed by atoms with Gasteiger partial charge in [0.05, 0.1) is 11.7 Å². The molecule has 104 valence electrons. The summed E-state index contributed by atoms with van der Waals surface area (Å²) in [5.74, 6) is 0. The van der Waals surface area contributed by atoms with Crippen LogP contribution < -0.4 is 5.73 Å². The van der Waals surface area contributed by atoms with E-state index in [4.69, 9.17) is 15.0 Å². The fourth-order valence-corrected chi connectivity index (χ4v) is 3.25. The van der Waals surface area contributed by atoms with Gasteiger partial charge in [0.1, 0.15) is 11.8 Å². The third-order valence-electron chi connectivity index (χ3n) is 4.21. The van der Waals surface area contributed by atoms with Crippen LogP contribution in [0.2, 0.25) is 0 Å². The van der Waals surface area contributed by atoms with Gasteiger partial charge in [-0.1, -0.05) is 31.0 Å². The second-order valence-corrected chi connectivity index (χ2v) is 5.53. The molecule has 4 rings (SSSR count). The van der Waals surface area contributed by atoms with Gasteiger partial charge < -0.3 is 10.2 Å². The van der Waals surface area contributed by atoms with Crippen LogP contribution >= 0.6 is 0 Å². The Hall–Kier alpha value is -1.78. The van der Waals surface area contributed by atoms with Gasteiger partial charge in [0.15, 0.2) is 6.23 Å². The molecule has 20 heavy (non-hydrogen) atoms. The third kappa shape index (κ3) is 1.84. The largest absolute Gasteiger partial charge is 0.464 e. The molecule has 1 aliphatic heterocycles. The Balaban J connectivity index is 1.76. The average molecular weight is 270 g/mol. The number of hydrogen-bond acceptors (Lipinski definition) is 4.